The molecule has 1 fully saturated rings. The van der Waals surface area contributed by atoms with Crippen LogP contribution in [0.3, 0.4) is 0 Å². The molecule has 0 spiro atoms. The Morgan fingerprint density at radius 3 is 2.28 bits per heavy atom. The Kier molecular flexibility index (Phi) is 3.21. The molecule has 100 valence electrons. The molecule has 4 heteroatoms. The summed E-state index contributed by atoms with van der Waals surface area (Å²) in [7, 11) is 4.06. The molecule has 1 heterocycles. The SMILES string of the molecule is CNc1nc(C(C)(C)C)nc(N(C)C2CC2)c1C. The summed E-state index contributed by atoms with van der Waals surface area (Å²) in [6.45, 7) is 8.54. The largest absolute Gasteiger partial charge is 0.373 e. The van der Waals surface area contributed by atoms with E-state index in [4.69, 9.17) is 4.98 Å². The Morgan fingerprint density at radius 1 is 1.22 bits per heavy atom. The van der Waals surface area contributed by atoms with Crippen LogP contribution in [0.4, 0.5) is 11.6 Å². The molecule has 1 saturated carbocycles. The number of nitrogens with zero attached hydrogens (tertiary/aromatic N) is 3. The molecule has 2 rings (SSSR count). The summed E-state index contributed by atoms with van der Waals surface area (Å²) in [5, 5.41) is 3.18. The van der Waals surface area contributed by atoms with Gasteiger partial charge in [-0.1, -0.05) is 20.8 Å². The summed E-state index contributed by atoms with van der Waals surface area (Å²) in [5.41, 5.74) is 1.11. The molecule has 1 aliphatic carbocycles. The highest BCUT2D eigenvalue weighted by Gasteiger charge is 2.30. The molecule has 0 aromatic carbocycles. The third-order valence-corrected chi connectivity index (χ3v) is 3.46. The van der Waals surface area contributed by atoms with Crippen molar-refractivity contribution >= 4 is 11.6 Å². The van der Waals surface area contributed by atoms with Crippen molar-refractivity contribution in [1.29, 1.82) is 0 Å². The van der Waals surface area contributed by atoms with Crippen molar-refractivity contribution in [3.63, 3.8) is 0 Å². The zero-order chi connectivity index (χ0) is 13.5. The molecule has 0 unspecified atom stereocenters. The van der Waals surface area contributed by atoms with Crippen LogP contribution >= 0.6 is 0 Å². The highest BCUT2D eigenvalue weighted by Crippen LogP contribution is 2.34. The molecule has 0 radical (unpaired) electrons. The molecule has 1 N–H and O–H groups in total. The molecule has 0 saturated heterocycles. The molecule has 0 amide bonds. The van der Waals surface area contributed by atoms with Crippen LogP contribution < -0.4 is 10.2 Å². The fraction of sp³-hybridized carbons (Fsp3) is 0.714. The van der Waals surface area contributed by atoms with Crippen molar-refractivity contribution in [2.45, 2.75) is 52.0 Å². The van der Waals surface area contributed by atoms with Gasteiger partial charge in [-0.25, -0.2) is 9.97 Å². The second kappa shape index (κ2) is 4.41. The molecule has 1 aromatic rings. The van der Waals surface area contributed by atoms with E-state index in [1.165, 1.54) is 12.8 Å². The standard InChI is InChI=1S/C14H24N4/c1-9-11(15-5)16-13(14(2,3)4)17-12(9)18(6)10-7-8-10/h10H,7-8H2,1-6H3,(H,15,16,17). The third-order valence-electron chi connectivity index (χ3n) is 3.46. The minimum atomic E-state index is -0.0293. The van der Waals surface area contributed by atoms with Gasteiger partial charge in [0.2, 0.25) is 0 Å². The lowest BCUT2D eigenvalue weighted by atomic mass is 9.95. The van der Waals surface area contributed by atoms with Gasteiger partial charge in [0.05, 0.1) is 0 Å². The number of nitrogens with one attached hydrogen (secondary N) is 1. The molecular weight excluding hydrogens is 224 g/mol. The maximum absolute atomic E-state index is 4.79. The zero-order valence-electron chi connectivity index (χ0n) is 12.3. The number of anilines is 2. The van der Waals surface area contributed by atoms with Crippen molar-refractivity contribution in [2.24, 2.45) is 0 Å². The average Bonchev–Trinajstić information content (AvgIpc) is 3.10. The summed E-state index contributed by atoms with van der Waals surface area (Å²) < 4.78 is 0. The van der Waals surface area contributed by atoms with Crippen LogP contribution in [0.25, 0.3) is 0 Å². The fourth-order valence-electron chi connectivity index (χ4n) is 2.06. The predicted molar refractivity (Wildman–Crippen MR) is 76.4 cm³/mol. The van der Waals surface area contributed by atoms with E-state index in [0.29, 0.717) is 6.04 Å². The highest BCUT2D eigenvalue weighted by atomic mass is 15.2. The van der Waals surface area contributed by atoms with Crippen LogP contribution in [0.5, 0.6) is 0 Å². The number of hydrogen-bond acceptors (Lipinski definition) is 4. The van der Waals surface area contributed by atoms with Crippen LogP contribution in [0.2, 0.25) is 0 Å². The normalized spacial score (nSPS) is 15.7. The van der Waals surface area contributed by atoms with E-state index < -0.39 is 0 Å². The third kappa shape index (κ3) is 2.42. The molecule has 0 atom stereocenters. The summed E-state index contributed by atoms with van der Waals surface area (Å²) in [4.78, 5) is 11.7. The Bertz CT molecular complexity index is 444. The molecule has 1 aliphatic rings. The van der Waals surface area contributed by atoms with Crippen molar-refractivity contribution in [3.8, 4) is 0 Å². The van der Waals surface area contributed by atoms with Crippen LogP contribution in [-0.4, -0.2) is 30.1 Å². The number of aromatic nitrogens is 2. The molecule has 1 aromatic heterocycles. The van der Waals surface area contributed by atoms with E-state index in [2.05, 4.69) is 49.9 Å². The van der Waals surface area contributed by atoms with E-state index in [9.17, 15) is 0 Å². The van der Waals surface area contributed by atoms with Gasteiger partial charge < -0.3 is 10.2 Å². The topological polar surface area (TPSA) is 41.1 Å². The quantitative estimate of drug-likeness (QED) is 0.893. The number of hydrogen-bond donors (Lipinski definition) is 1. The van der Waals surface area contributed by atoms with Crippen molar-refractivity contribution in [2.75, 3.05) is 24.3 Å². The Morgan fingerprint density at radius 2 is 1.83 bits per heavy atom. The molecule has 0 bridgehead atoms. The first-order chi connectivity index (χ1) is 8.34. The Balaban J connectivity index is 2.49. The zero-order valence-corrected chi connectivity index (χ0v) is 12.3. The lowest BCUT2D eigenvalue weighted by Crippen LogP contribution is -2.26. The lowest BCUT2D eigenvalue weighted by Gasteiger charge is -2.25. The van der Waals surface area contributed by atoms with Crippen LogP contribution in [0.1, 0.15) is 45.0 Å². The van der Waals surface area contributed by atoms with Crippen molar-refractivity contribution in [3.05, 3.63) is 11.4 Å². The van der Waals surface area contributed by atoms with Gasteiger partial charge in [0, 0.05) is 31.1 Å². The summed E-state index contributed by atoms with van der Waals surface area (Å²) >= 11 is 0. The first-order valence-corrected chi connectivity index (χ1v) is 6.64. The first-order valence-electron chi connectivity index (χ1n) is 6.64. The van der Waals surface area contributed by atoms with Crippen LogP contribution in [0.15, 0.2) is 0 Å². The molecule has 0 aliphatic heterocycles. The van der Waals surface area contributed by atoms with Crippen molar-refractivity contribution in [1.82, 2.24) is 9.97 Å². The maximum atomic E-state index is 4.79. The first kappa shape index (κ1) is 13.1. The van der Waals surface area contributed by atoms with Gasteiger partial charge >= 0.3 is 0 Å². The fourth-order valence-corrected chi connectivity index (χ4v) is 2.06. The Labute approximate surface area is 110 Å². The molecular formula is C14H24N4. The maximum Gasteiger partial charge on any atom is 0.138 e. The second-order valence-corrected chi connectivity index (χ2v) is 6.19. The summed E-state index contributed by atoms with van der Waals surface area (Å²) in [6, 6.07) is 0.663. The Hall–Kier alpha value is -1.32. The van der Waals surface area contributed by atoms with Gasteiger partial charge in [-0.05, 0) is 19.8 Å². The van der Waals surface area contributed by atoms with E-state index in [1.807, 2.05) is 7.05 Å². The van der Waals surface area contributed by atoms with E-state index >= 15 is 0 Å². The van der Waals surface area contributed by atoms with Gasteiger partial charge in [-0.2, -0.15) is 0 Å². The van der Waals surface area contributed by atoms with Gasteiger partial charge in [0.15, 0.2) is 0 Å². The van der Waals surface area contributed by atoms with E-state index in [0.717, 1.165) is 23.0 Å². The summed E-state index contributed by atoms with van der Waals surface area (Å²) in [6.07, 6.45) is 2.55. The van der Waals surface area contributed by atoms with Gasteiger partial charge in [0.25, 0.3) is 0 Å². The van der Waals surface area contributed by atoms with Crippen LogP contribution in [0, 0.1) is 6.92 Å². The smallest absolute Gasteiger partial charge is 0.138 e. The van der Waals surface area contributed by atoms with Gasteiger partial charge in [-0.3, -0.25) is 0 Å². The summed E-state index contributed by atoms with van der Waals surface area (Å²) in [5.74, 6) is 2.92. The molecule has 4 nitrogen and oxygen atoms in total. The van der Waals surface area contributed by atoms with Crippen molar-refractivity contribution < 1.29 is 0 Å². The molecule has 18 heavy (non-hydrogen) atoms. The van der Waals surface area contributed by atoms with Gasteiger partial charge in [-0.15, -0.1) is 0 Å². The van der Waals surface area contributed by atoms with E-state index in [1.54, 1.807) is 0 Å². The minimum Gasteiger partial charge on any atom is -0.373 e. The average molecular weight is 248 g/mol. The lowest BCUT2D eigenvalue weighted by molar-refractivity contribution is 0.544. The highest BCUT2D eigenvalue weighted by molar-refractivity contribution is 5.59. The number of rotatable bonds is 3. The van der Waals surface area contributed by atoms with Gasteiger partial charge in [0.1, 0.15) is 17.5 Å². The minimum absolute atomic E-state index is 0.0293. The predicted octanol–water partition coefficient (Wildman–Crippen LogP) is 2.72. The monoisotopic (exact) mass is 248 g/mol. The van der Waals surface area contributed by atoms with E-state index in [-0.39, 0.29) is 5.41 Å². The second-order valence-electron chi connectivity index (χ2n) is 6.19. The van der Waals surface area contributed by atoms with Crippen LogP contribution in [-0.2, 0) is 5.41 Å².